The summed E-state index contributed by atoms with van der Waals surface area (Å²) in [6.07, 6.45) is 2.68. The van der Waals surface area contributed by atoms with Gasteiger partial charge in [0.05, 0.1) is 19.3 Å². The highest BCUT2D eigenvalue weighted by Crippen LogP contribution is 2.47. The Kier molecular flexibility index (Phi) is 14.5. The second-order valence-electron chi connectivity index (χ2n) is 17.6. The first-order valence-electron chi connectivity index (χ1n) is 20.1. The van der Waals surface area contributed by atoms with Crippen molar-refractivity contribution in [3.8, 4) is 0 Å². The van der Waals surface area contributed by atoms with Crippen LogP contribution in [0.25, 0.3) is 0 Å². The van der Waals surface area contributed by atoms with Gasteiger partial charge >= 0.3 is 0 Å². The lowest BCUT2D eigenvalue weighted by Gasteiger charge is -2.50. The Morgan fingerprint density at radius 1 is 1.08 bits per heavy atom. The molecule has 2 heterocycles. The molecular formula is C43H66ClFN4O4. The molecule has 1 amide bonds. The fourth-order valence-electron chi connectivity index (χ4n) is 9.30. The first-order chi connectivity index (χ1) is 25.1. The van der Waals surface area contributed by atoms with Crippen molar-refractivity contribution in [3.05, 3.63) is 70.0 Å². The molecule has 3 aliphatic rings. The Balaban J connectivity index is 1.40. The van der Waals surface area contributed by atoms with Crippen molar-refractivity contribution in [2.45, 2.75) is 131 Å². The monoisotopic (exact) mass is 756 g/mol. The molecule has 1 aliphatic carbocycles. The summed E-state index contributed by atoms with van der Waals surface area (Å²) in [5, 5.41) is 26.8. The first-order valence-corrected chi connectivity index (χ1v) is 20.5. The van der Waals surface area contributed by atoms with E-state index in [0.29, 0.717) is 48.0 Å². The van der Waals surface area contributed by atoms with Crippen LogP contribution in [-0.2, 0) is 29.3 Å². The van der Waals surface area contributed by atoms with Crippen LogP contribution in [0.4, 0.5) is 4.39 Å². The summed E-state index contributed by atoms with van der Waals surface area (Å²) in [5.74, 6) is 0.513. The van der Waals surface area contributed by atoms with E-state index in [9.17, 15) is 15.0 Å². The molecule has 2 saturated heterocycles. The minimum absolute atomic E-state index is 0.00168. The molecule has 10 heteroatoms. The van der Waals surface area contributed by atoms with E-state index >= 15 is 4.39 Å². The molecule has 3 fully saturated rings. The molecule has 0 radical (unpaired) electrons. The molecule has 9 atom stereocenters. The highest BCUT2D eigenvalue weighted by atomic mass is 35.5. The number of hydroxylamine groups is 2. The van der Waals surface area contributed by atoms with Crippen molar-refractivity contribution >= 4 is 17.5 Å². The largest absolute Gasteiger partial charge is 0.394 e. The van der Waals surface area contributed by atoms with Crippen molar-refractivity contribution in [3.63, 3.8) is 0 Å². The van der Waals surface area contributed by atoms with Gasteiger partial charge in [0, 0.05) is 48.2 Å². The molecule has 1 saturated carbocycles. The third-order valence-corrected chi connectivity index (χ3v) is 13.6. The number of rotatable bonds is 15. The number of nitrogens with one attached hydrogen (secondary N) is 1. The lowest BCUT2D eigenvalue weighted by molar-refractivity contribution is -0.182. The topological polar surface area (TPSA) is 88.5 Å². The Hall–Kier alpha value is -2.11. The second-order valence-corrected chi connectivity index (χ2v) is 18.0. The van der Waals surface area contributed by atoms with Crippen LogP contribution in [0.3, 0.4) is 0 Å². The predicted octanol–water partition coefficient (Wildman–Crippen LogP) is 7.29. The zero-order chi connectivity index (χ0) is 38.6. The molecular weight excluding hydrogens is 691 g/mol. The number of aliphatic hydroxyl groups is 2. The van der Waals surface area contributed by atoms with Gasteiger partial charge in [-0.05, 0) is 98.0 Å². The summed E-state index contributed by atoms with van der Waals surface area (Å²) < 4.78 is 15.3. The maximum atomic E-state index is 15.3. The highest BCUT2D eigenvalue weighted by Gasteiger charge is 2.51. The summed E-state index contributed by atoms with van der Waals surface area (Å²) in [7, 11) is 0. The fraction of sp³-hybridized carbons (Fsp3) is 0.698. The maximum absolute atomic E-state index is 15.3. The molecule has 2 aromatic rings. The Morgan fingerprint density at radius 3 is 2.40 bits per heavy atom. The number of benzene rings is 2. The van der Waals surface area contributed by atoms with E-state index in [1.54, 1.807) is 24.1 Å². The zero-order valence-electron chi connectivity index (χ0n) is 33.4. The highest BCUT2D eigenvalue weighted by molar-refractivity contribution is 6.31. The van der Waals surface area contributed by atoms with Gasteiger partial charge in [-0.25, -0.2) is 4.39 Å². The first kappa shape index (κ1) is 42.0. The van der Waals surface area contributed by atoms with Crippen LogP contribution in [0.15, 0.2) is 42.5 Å². The Labute approximate surface area is 323 Å². The average Bonchev–Trinajstić information content (AvgIpc) is 3.75. The summed E-state index contributed by atoms with van der Waals surface area (Å²) in [4.78, 5) is 25.5. The minimum atomic E-state index is -0.868. The van der Waals surface area contributed by atoms with Gasteiger partial charge in [0.2, 0.25) is 5.91 Å². The molecule has 0 unspecified atom stereocenters. The van der Waals surface area contributed by atoms with E-state index in [1.807, 2.05) is 12.1 Å². The molecule has 3 N–H and O–H groups in total. The quantitative estimate of drug-likeness (QED) is 0.176. The zero-order valence-corrected chi connectivity index (χ0v) is 34.2. The van der Waals surface area contributed by atoms with Crippen LogP contribution >= 0.6 is 11.6 Å². The number of amides is 1. The Morgan fingerprint density at radius 2 is 1.75 bits per heavy atom. The van der Waals surface area contributed by atoms with Gasteiger partial charge in [-0.2, -0.15) is 5.06 Å². The smallest absolute Gasteiger partial charge is 0.240 e. The number of aliphatic hydroxyl groups excluding tert-OH is 2. The number of carbonyl (C=O) groups is 1. The number of hydrogen-bond acceptors (Lipinski definition) is 7. The van der Waals surface area contributed by atoms with E-state index < -0.39 is 24.2 Å². The van der Waals surface area contributed by atoms with Crippen molar-refractivity contribution in [2.75, 3.05) is 26.2 Å². The standard InChI is InChI=1S/C43H66ClFN4O4/c1-27(2)19-34(24-47-17-9-10-18-47)48(25-35-36(44)15-12-16-37(35)45)22-32-13-11-14-33(21-32)23-49-41(40(31(6)51)39(26-50)53-49)42(52)46-38-20-28(3)43(7,8)30(5)29(38)4/h11-16,21,27-31,34,38-41,50-51H,9-10,17-20,22-26H2,1-8H3,(H,46,52)/t28-,29+,30+,31+,34+,38+,39+,40-,41+/m1/s1. The molecule has 0 spiro atoms. The van der Waals surface area contributed by atoms with Crippen LogP contribution in [0.1, 0.15) is 97.8 Å². The minimum Gasteiger partial charge on any atom is -0.394 e. The normalized spacial score (nSPS) is 29.2. The SMILES string of the molecule is CC(C)C[C@@H](CN1CCCC1)N(Cc1cccc(CN2O[C@@H](CO)[C@@H]([C@H](C)O)[C@H]2C(=O)N[C@H]2C[C@@H](C)C(C)(C)[C@@H](C)[C@@H]2C)c1)Cc1c(F)cccc1Cl. The molecule has 0 aromatic heterocycles. The van der Waals surface area contributed by atoms with Crippen LogP contribution < -0.4 is 5.32 Å². The fourth-order valence-corrected chi connectivity index (χ4v) is 9.52. The Bertz CT molecular complexity index is 1480. The number of hydrogen-bond donors (Lipinski definition) is 3. The molecule has 2 aliphatic heterocycles. The van der Waals surface area contributed by atoms with Gasteiger partial charge in [-0.3, -0.25) is 14.5 Å². The van der Waals surface area contributed by atoms with Gasteiger partial charge < -0.3 is 20.4 Å². The van der Waals surface area contributed by atoms with E-state index in [1.165, 1.54) is 18.9 Å². The van der Waals surface area contributed by atoms with Crippen molar-refractivity contribution in [1.29, 1.82) is 0 Å². The molecule has 2 aromatic carbocycles. The van der Waals surface area contributed by atoms with E-state index in [0.717, 1.165) is 43.6 Å². The van der Waals surface area contributed by atoms with Crippen LogP contribution in [0.5, 0.6) is 0 Å². The van der Waals surface area contributed by atoms with Crippen molar-refractivity contribution in [2.24, 2.45) is 35.0 Å². The van der Waals surface area contributed by atoms with Gasteiger partial charge in [0.25, 0.3) is 0 Å². The summed E-state index contributed by atoms with van der Waals surface area (Å²) in [6.45, 7) is 21.6. The summed E-state index contributed by atoms with van der Waals surface area (Å²) >= 11 is 6.61. The molecule has 0 bridgehead atoms. The lowest BCUT2D eigenvalue weighted by atomic mass is 9.58. The van der Waals surface area contributed by atoms with E-state index in [2.05, 4.69) is 75.7 Å². The maximum Gasteiger partial charge on any atom is 0.240 e. The third-order valence-electron chi connectivity index (χ3n) is 13.2. The molecule has 296 valence electrons. The summed E-state index contributed by atoms with van der Waals surface area (Å²) in [5.41, 5.74) is 2.69. The molecule has 5 rings (SSSR count). The number of nitrogens with zero attached hydrogens (tertiary/aromatic N) is 3. The molecule has 53 heavy (non-hydrogen) atoms. The number of carbonyl (C=O) groups excluding carboxylic acids is 1. The van der Waals surface area contributed by atoms with Crippen LogP contribution in [0, 0.1) is 40.8 Å². The third kappa shape index (κ3) is 10.0. The van der Waals surface area contributed by atoms with Crippen molar-refractivity contribution < 1.29 is 24.2 Å². The van der Waals surface area contributed by atoms with Gasteiger partial charge in [0.1, 0.15) is 18.0 Å². The molecule has 8 nitrogen and oxygen atoms in total. The number of likely N-dealkylation sites (tertiary alicyclic amines) is 1. The predicted molar refractivity (Wildman–Crippen MR) is 210 cm³/mol. The van der Waals surface area contributed by atoms with Crippen molar-refractivity contribution in [1.82, 2.24) is 20.2 Å². The lowest BCUT2D eigenvalue weighted by Crippen LogP contribution is -2.56. The number of halogens is 2. The summed E-state index contributed by atoms with van der Waals surface area (Å²) in [6, 6.07) is 12.6. The average molecular weight is 757 g/mol. The van der Waals surface area contributed by atoms with Gasteiger partial charge in [-0.15, -0.1) is 0 Å². The van der Waals surface area contributed by atoms with Crippen LogP contribution in [0.2, 0.25) is 5.02 Å². The van der Waals surface area contributed by atoms with Crippen LogP contribution in [-0.4, -0.2) is 87.6 Å². The second kappa shape index (κ2) is 18.2. The van der Waals surface area contributed by atoms with E-state index in [-0.39, 0.29) is 41.7 Å². The van der Waals surface area contributed by atoms with E-state index in [4.69, 9.17) is 16.4 Å². The van der Waals surface area contributed by atoms with Gasteiger partial charge in [0.15, 0.2) is 0 Å². The van der Waals surface area contributed by atoms with Gasteiger partial charge in [-0.1, -0.05) is 90.4 Å².